The Morgan fingerprint density at radius 1 is 1.71 bits per heavy atom. The van der Waals surface area contributed by atoms with Gasteiger partial charge in [0.25, 0.3) is 0 Å². The van der Waals surface area contributed by atoms with Crippen LogP contribution in [0.2, 0.25) is 0 Å². The molecular formula is C4H5BrCl2. The minimum Gasteiger partial charge on any atom is -0.120 e. The first kappa shape index (κ1) is 6.18. The van der Waals surface area contributed by atoms with Crippen LogP contribution in [0.25, 0.3) is 0 Å². The molecule has 0 spiro atoms. The molecule has 3 heteroatoms. The Balaban J connectivity index is 2.43. The van der Waals surface area contributed by atoms with E-state index in [0.29, 0.717) is 0 Å². The Morgan fingerprint density at radius 2 is 2.14 bits per heavy atom. The molecule has 1 fully saturated rings. The fourth-order valence-corrected chi connectivity index (χ4v) is 1.37. The van der Waals surface area contributed by atoms with E-state index >= 15 is 0 Å². The number of hydrogen-bond donors (Lipinski definition) is 0. The summed E-state index contributed by atoms with van der Waals surface area (Å²) in [5.74, 6) is 0. The average molecular weight is 204 g/mol. The molecule has 2 atom stereocenters. The lowest BCUT2D eigenvalue weighted by atomic mass is 9.99. The molecule has 0 aromatic heterocycles. The Hall–Kier alpha value is 1.06. The van der Waals surface area contributed by atoms with E-state index in [1.165, 1.54) is 0 Å². The number of hydrogen-bond acceptors (Lipinski definition) is 0. The van der Waals surface area contributed by atoms with Gasteiger partial charge < -0.3 is 0 Å². The summed E-state index contributed by atoms with van der Waals surface area (Å²) in [5, 5.41) is 0.133. The van der Waals surface area contributed by atoms with Crippen LogP contribution in [-0.2, 0) is 0 Å². The van der Waals surface area contributed by atoms with Crippen LogP contribution in [0.4, 0.5) is 0 Å². The van der Waals surface area contributed by atoms with Crippen molar-refractivity contribution in [2.75, 3.05) is 0 Å². The maximum absolute atomic E-state index is 5.74. The van der Waals surface area contributed by atoms with Crippen molar-refractivity contribution < 1.29 is 0 Å². The summed E-state index contributed by atoms with van der Waals surface area (Å²) in [6, 6.07) is 0. The molecule has 1 aliphatic rings. The highest BCUT2D eigenvalue weighted by Crippen LogP contribution is 2.47. The highest BCUT2D eigenvalue weighted by Gasteiger charge is 2.41. The van der Waals surface area contributed by atoms with E-state index in [-0.39, 0.29) is 9.16 Å². The third-order valence-electron chi connectivity index (χ3n) is 1.19. The topological polar surface area (TPSA) is 0 Å². The zero-order chi connectivity index (χ0) is 5.49. The lowest BCUT2D eigenvalue weighted by molar-refractivity contribution is 0.495. The molecule has 7 heavy (non-hydrogen) atoms. The Morgan fingerprint density at radius 3 is 2.14 bits per heavy atom. The summed E-state index contributed by atoms with van der Waals surface area (Å²) in [5.41, 5.74) is 0. The van der Waals surface area contributed by atoms with Crippen LogP contribution >= 0.6 is 39.1 Å². The van der Waals surface area contributed by atoms with E-state index in [1.54, 1.807) is 0 Å². The largest absolute Gasteiger partial charge is 0.120 e. The summed E-state index contributed by atoms with van der Waals surface area (Å²) >= 11 is 14.7. The summed E-state index contributed by atoms with van der Waals surface area (Å²) in [6.07, 6.45) is 2.03. The molecule has 1 rings (SSSR count). The van der Waals surface area contributed by atoms with Crippen molar-refractivity contribution in [3.8, 4) is 0 Å². The molecule has 2 unspecified atom stereocenters. The Kier molecular flexibility index (Phi) is 1.57. The normalized spacial score (nSPS) is 51.0. The van der Waals surface area contributed by atoms with E-state index in [4.69, 9.17) is 23.2 Å². The quantitative estimate of drug-likeness (QED) is 0.532. The van der Waals surface area contributed by atoms with Crippen LogP contribution in [-0.4, -0.2) is 9.16 Å². The van der Waals surface area contributed by atoms with E-state index < -0.39 is 0 Å². The number of halogens is 3. The highest BCUT2D eigenvalue weighted by atomic mass is 79.9. The van der Waals surface area contributed by atoms with E-state index in [2.05, 4.69) is 15.9 Å². The zero-order valence-corrected chi connectivity index (χ0v) is 6.72. The van der Waals surface area contributed by atoms with Crippen molar-refractivity contribution in [2.24, 2.45) is 0 Å². The molecule has 0 bridgehead atoms. The second-order valence-corrected chi connectivity index (χ2v) is 4.84. The molecule has 0 N–H and O–H groups in total. The first-order valence-electron chi connectivity index (χ1n) is 2.15. The van der Waals surface area contributed by atoms with Gasteiger partial charge in [0.15, 0.2) is 0 Å². The van der Waals surface area contributed by atoms with Gasteiger partial charge in [0.05, 0.1) is 5.38 Å². The molecule has 0 heterocycles. The molecule has 1 aliphatic carbocycles. The van der Waals surface area contributed by atoms with Crippen LogP contribution in [0, 0.1) is 0 Å². The SMILES string of the molecule is ClC1CCC1(Cl)Br. The summed E-state index contributed by atoms with van der Waals surface area (Å²) < 4.78 is -0.269. The molecule has 0 aromatic rings. The minimum atomic E-state index is -0.269. The van der Waals surface area contributed by atoms with Crippen molar-refractivity contribution in [2.45, 2.75) is 22.0 Å². The molecular weight excluding hydrogens is 199 g/mol. The Labute approximate surface area is 61.3 Å². The number of alkyl halides is 3. The van der Waals surface area contributed by atoms with Gasteiger partial charge in [0, 0.05) is 0 Å². The van der Waals surface area contributed by atoms with Gasteiger partial charge >= 0.3 is 0 Å². The average Bonchev–Trinajstić information content (AvgIpc) is 1.63. The van der Waals surface area contributed by atoms with E-state index in [9.17, 15) is 0 Å². The van der Waals surface area contributed by atoms with Crippen molar-refractivity contribution in [3.05, 3.63) is 0 Å². The summed E-state index contributed by atoms with van der Waals surface area (Å²) in [4.78, 5) is 0. The van der Waals surface area contributed by atoms with Gasteiger partial charge in [-0.3, -0.25) is 0 Å². The van der Waals surface area contributed by atoms with Gasteiger partial charge in [0.1, 0.15) is 3.78 Å². The van der Waals surface area contributed by atoms with Crippen LogP contribution in [0.3, 0.4) is 0 Å². The molecule has 0 amide bonds. The lowest BCUT2D eigenvalue weighted by Gasteiger charge is -2.35. The minimum absolute atomic E-state index is 0.133. The smallest absolute Gasteiger partial charge is 0.115 e. The Bertz CT molecular complexity index is 81.8. The first-order chi connectivity index (χ1) is 3.13. The van der Waals surface area contributed by atoms with Gasteiger partial charge in [-0.15, -0.1) is 23.2 Å². The standard InChI is InChI=1S/C4H5BrCl2/c5-4(7)2-1-3(4)6/h3H,1-2H2. The fourth-order valence-electron chi connectivity index (χ4n) is 0.472. The second kappa shape index (κ2) is 1.78. The van der Waals surface area contributed by atoms with Crippen LogP contribution in [0.5, 0.6) is 0 Å². The van der Waals surface area contributed by atoms with Crippen molar-refractivity contribution in [3.63, 3.8) is 0 Å². The third-order valence-corrected chi connectivity index (χ3v) is 3.56. The number of rotatable bonds is 0. The monoisotopic (exact) mass is 202 g/mol. The molecule has 1 saturated carbocycles. The lowest BCUT2D eigenvalue weighted by Crippen LogP contribution is -2.36. The summed E-state index contributed by atoms with van der Waals surface area (Å²) in [6.45, 7) is 0. The molecule has 0 saturated heterocycles. The summed E-state index contributed by atoms with van der Waals surface area (Å²) in [7, 11) is 0. The molecule has 42 valence electrons. The zero-order valence-electron chi connectivity index (χ0n) is 3.63. The van der Waals surface area contributed by atoms with Crippen LogP contribution < -0.4 is 0 Å². The van der Waals surface area contributed by atoms with Crippen molar-refractivity contribution in [1.29, 1.82) is 0 Å². The van der Waals surface area contributed by atoms with Crippen molar-refractivity contribution in [1.82, 2.24) is 0 Å². The van der Waals surface area contributed by atoms with Gasteiger partial charge in [-0.2, -0.15) is 0 Å². The van der Waals surface area contributed by atoms with E-state index in [0.717, 1.165) is 12.8 Å². The van der Waals surface area contributed by atoms with E-state index in [1.807, 2.05) is 0 Å². The van der Waals surface area contributed by atoms with Gasteiger partial charge in [-0.25, -0.2) is 0 Å². The maximum atomic E-state index is 5.74. The molecule has 0 nitrogen and oxygen atoms in total. The third kappa shape index (κ3) is 1.06. The highest BCUT2D eigenvalue weighted by molar-refractivity contribution is 9.10. The molecule has 0 aromatic carbocycles. The van der Waals surface area contributed by atoms with Crippen molar-refractivity contribution >= 4 is 39.1 Å². The van der Waals surface area contributed by atoms with Crippen LogP contribution in [0.15, 0.2) is 0 Å². The van der Waals surface area contributed by atoms with Crippen LogP contribution in [0.1, 0.15) is 12.8 Å². The molecule has 0 aliphatic heterocycles. The predicted molar refractivity (Wildman–Crippen MR) is 36.4 cm³/mol. The second-order valence-electron chi connectivity index (χ2n) is 1.77. The maximum Gasteiger partial charge on any atom is 0.115 e. The molecule has 0 radical (unpaired) electrons. The van der Waals surface area contributed by atoms with Gasteiger partial charge in [0.2, 0.25) is 0 Å². The van der Waals surface area contributed by atoms with Gasteiger partial charge in [-0.1, -0.05) is 15.9 Å². The first-order valence-corrected chi connectivity index (χ1v) is 3.75. The predicted octanol–water partition coefficient (Wildman–Crippen LogP) is 2.72. The van der Waals surface area contributed by atoms with Gasteiger partial charge in [-0.05, 0) is 12.8 Å². The fraction of sp³-hybridized carbons (Fsp3) is 1.00.